The van der Waals surface area contributed by atoms with E-state index in [1.165, 1.54) is 0 Å². The minimum Gasteiger partial charge on any atom is -0.489 e. The van der Waals surface area contributed by atoms with Gasteiger partial charge in [0, 0.05) is 5.56 Å². The van der Waals surface area contributed by atoms with E-state index in [1.54, 1.807) is 0 Å². The Kier molecular flexibility index (Phi) is 3.98. The lowest BCUT2D eigenvalue weighted by molar-refractivity contribution is 0.0957. The lowest BCUT2D eigenvalue weighted by Gasteiger charge is -2.37. The molecule has 0 saturated carbocycles. The van der Waals surface area contributed by atoms with Crippen molar-refractivity contribution in [2.45, 2.75) is 13.0 Å². The van der Waals surface area contributed by atoms with Gasteiger partial charge < -0.3 is 4.74 Å². The van der Waals surface area contributed by atoms with E-state index in [2.05, 4.69) is 0 Å². The zero-order valence-electron chi connectivity index (χ0n) is 14.1. The third-order valence-corrected chi connectivity index (χ3v) is 4.53. The predicted octanol–water partition coefficient (Wildman–Crippen LogP) is 4.78. The van der Waals surface area contributed by atoms with Gasteiger partial charge in [-0.1, -0.05) is 60.2 Å². The molecular weight excluding hydrogens is 310 g/mol. The number of benzene rings is 3. The van der Waals surface area contributed by atoms with E-state index >= 15 is 0 Å². The summed E-state index contributed by atoms with van der Waals surface area (Å²) in [5.74, 6) is 0.736. The van der Waals surface area contributed by atoms with Gasteiger partial charge in [0.25, 0.3) is 5.91 Å². The highest BCUT2D eigenvalue weighted by molar-refractivity contribution is 6.07. The van der Waals surface area contributed by atoms with E-state index in [4.69, 9.17) is 4.74 Å². The SMILES string of the molecule is Cc1ccc(C(=O)N2c3ccccc3OC[C@H]2c2ccccc2)cc1. The number of carbonyl (C=O) groups excluding carboxylic acids is 1. The Bertz CT molecular complexity index is 887. The molecule has 0 bridgehead atoms. The van der Waals surface area contributed by atoms with E-state index in [9.17, 15) is 4.79 Å². The Morgan fingerprint density at radius 3 is 2.36 bits per heavy atom. The molecule has 3 heteroatoms. The van der Waals surface area contributed by atoms with E-state index in [-0.39, 0.29) is 11.9 Å². The molecule has 4 rings (SSSR count). The lowest BCUT2D eigenvalue weighted by atomic mass is 10.0. The summed E-state index contributed by atoms with van der Waals surface area (Å²) >= 11 is 0. The van der Waals surface area contributed by atoms with E-state index in [0.29, 0.717) is 12.2 Å². The topological polar surface area (TPSA) is 29.5 Å². The van der Waals surface area contributed by atoms with Crippen LogP contribution in [0.4, 0.5) is 5.69 Å². The maximum absolute atomic E-state index is 13.3. The van der Waals surface area contributed by atoms with Gasteiger partial charge in [-0.25, -0.2) is 0 Å². The minimum atomic E-state index is -0.148. The fourth-order valence-electron chi connectivity index (χ4n) is 3.20. The Morgan fingerprint density at radius 1 is 0.920 bits per heavy atom. The molecule has 1 amide bonds. The number of fused-ring (bicyclic) bond motifs is 1. The second-order valence-corrected chi connectivity index (χ2v) is 6.25. The molecule has 0 spiro atoms. The Morgan fingerprint density at radius 2 is 1.60 bits per heavy atom. The second-order valence-electron chi connectivity index (χ2n) is 6.25. The Hall–Kier alpha value is -3.07. The van der Waals surface area contributed by atoms with Crippen LogP contribution in [-0.2, 0) is 0 Å². The van der Waals surface area contributed by atoms with Crippen LogP contribution in [-0.4, -0.2) is 12.5 Å². The van der Waals surface area contributed by atoms with E-state index in [1.807, 2.05) is 90.7 Å². The average Bonchev–Trinajstić information content (AvgIpc) is 2.68. The molecule has 3 nitrogen and oxygen atoms in total. The molecule has 0 N–H and O–H groups in total. The highest BCUT2D eigenvalue weighted by atomic mass is 16.5. The standard InChI is InChI=1S/C22H19NO2/c1-16-11-13-18(14-12-16)22(24)23-19-9-5-6-10-21(19)25-15-20(23)17-7-3-2-4-8-17/h2-14,20H,15H2,1H3/t20-/m0/s1. The van der Waals surface area contributed by atoms with Crippen LogP contribution in [0, 0.1) is 6.92 Å². The van der Waals surface area contributed by atoms with Crippen molar-refractivity contribution in [3.05, 3.63) is 95.6 Å². The monoisotopic (exact) mass is 329 g/mol. The summed E-state index contributed by atoms with van der Waals surface area (Å²) in [5, 5.41) is 0. The molecule has 1 aliphatic heterocycles. The Balaban J connectivity index is 1.81. The van der Waals surface area contributed by atoms with Crippen LogP contribution in [0.15, 0.2) is 78.9 Å². The first-order valence-electron chi connectivity index (χ1n) is 8.41. The van der Waals surface area contributed by atoms with E-state index in [0.717, 1.165) is 22.6 Å². The lowest BCUT2D eigenvalue weighted by Crippen LogP contribution is -2.41. The molecule has 1 aliphatic rings. The van der Waals surface area contributed by atoms with Crippen LogP contribution in [0.3, 0.4) is 0 Å². The van der Waals surface area contributed by atoms with Crippen molar-refractivity contribution in [3.63, 3.8) is 0 Å². The number of amides is 1. The fraction of sp³-hybridized carbons (Fsp3) is 0.136. The molecule has 25 heavy (non-hydrogen) atoms. The van der Waals surface area contributed by atoms with Gasteiger partial charge in [0.2, 0.25) is 0 Å². The first-order valence-corrected chi connectivity index (χ1v) is 8.41. The van der Waals surface area contributed by atoms with Crippen molar-refractivity contribution in [2.75, 3.05) is 11.5 Å². The number of rotatable bonds is 2. The minimum absolute atomic E-state index is 0.00963. The van der Waals surface area contributed by atoms with Gasteiger partial charge in [-0.3, -0.25) is 9.69 Å². The maximum atomic E-state index is 13.3. The highest BCUT2D eigenvalue weighted by Crippen LogP contribution is 2.40. The number of hydrogen-bond acceptors (Lipinski definition) is 2. The molecule has 0 fully saturated rings. The summed E-state index contributed by atoms with van der Waals surface area (Å²) in [4.78, 5) is 15.2. The molecule has 0 aromatic heterocycles. The highest BCUT2D eigenvalue weighted by Gasteiger charge is 2.33. The van der Waals surface area contributed by atoms with Gasteiger partial charge in [-0.05, 0) is 36.8 Å². The normalized spacial score (nSPS) is 16.0. The van der Waals surface area contributed by atoms with Gasteiger partial charge >= 0.3 is 0 Å². The molecule has 0 unspecified atom stereocenters. The summed E-state index contributed by atoms with van der Waals surface area (Å²) < 4.78 is 5.93. The average molecular weight is 329 g/mol. The zero-order valence-corrected chi connectivity index (χ0v) is 14.1. The number of aryl methyl sites for hydroxylation is 1. The molecule has 1 atom stereocenters. The van der Waals surface area contributed by atoms with Gasteiger partial charge in [-0.2, -0.15) is 0 Å². The summed E-state index contributed by atoms with van der Waals surface area (Å²) in [6.45, 7) is 2.46. The van der Waals surface area contributed by atoms with Crippen LogP contribution < -0.4 is 9.64 Å². The first kappa shape index (κ1) is 15.5. The molecule has 0 radical (unpaired) electrons. The Labute approximate surface area is 147 Å². The van der Waals surface area contributed by atoms with Crippen LogP contribution in [0.2, 0.25) is 0 Å². The van der Waals surface area contributed by atoms with Crippen molar-refractivity contribution in [1.82, 2.24) is 0 Å². The van der Waals surface area contributed by atoms with Crippen LogP contribution in [0.25, 0.3) is 0 Å². The molecular formula is C22H19NO2. The predicted molar refractivity (Wildman–Crippen MR) is 99.1 cm³/mol. The summed E-state index contributed by atoms with van der Waals surface area (Å²) in [6.07, 6.45) is 0. The zero-order chi connectivity index (χ0) is 17.2. The third-order valence-electron chi connectivity index (χ3n) is 4.53. The van der Waals surface area contributed by atoms with Crippen LogP contribution in [0.5, 0.6) is 5.75 Å². The van der Waals surface area contributed by atoms with E-state index < -0.39 is 0 Å². The summed E-state index contributed by atoms with van der Waals surface area (Å²) in [5.41, 5.74) is 3.70. The molecule has 0 saturated heterocycles. The number of nitrogens with zero attached hydrogens (tertiary/aromatic N) is 1. The number of anilines is 1. The van der Waals surface area contributed by atoms with Crippen molar-refractivity contribution in [1.29, 1.82) is 0 Å². The molecule has 3 aromatic rings. The van der Waals surface area contributed by atoms with Gasteiger partial charge in [0.1, 0.15) is 12.4 Å². The van der Waals surface area contributed by atoms with Gasteiger partial charge in [0.15, 0.2) is 0 Å². The largest absolute Gasteiger partial charge is 0.489 e. The molecule has 3 aromatic carbocycles. The first-order chi connectivity index (χ1) is 12.2. The summed E-state index contributed by atoms with van der Waals surface area (Å²) in [6, 6.07) is 25.3. The summed E-state index contributed by atoms with van der Waals surface area (Å²) in [7, 11) is 0. The fourth-order valence-corrected chi connectivity index (χ4v) is 3.20. The number of carbonyl (C=O) groups is 1. The number of ether oxygens (including phenoxy) is 1. The van der Waals surface area contributed by atoms with Crippen molar-refractivity contribution >= 4 is 11.6 Å². The van der Waals surface area contributed by atoms with Crippen molar-refractivity contribution < 1.29 is 9.53 Å². The maximum Gasteiger partial charge on any atom is 0.259 e. The van der Waals surface area contributed by atoms with Crippen LogP contribution in [0.1, 0.15) is 27.5 Å². The van der Waals surface area contributed by atoms with Crippen molar-refractivity contribution in [2.24, 2.45) is 0 Å². The quantitative estimate of drug-likeness (QED) is 0.677. The number of para-hydroxylation sites is 2. The second kappa shape index (κ2) is 6.44. The molecule has 124 valence electrons. The third kappa shape index (κ3) is 2.89. The van der Waals surface area contributed by atoms with Gasteiger partial charge in [0.05, 0.1) is 11.7 Å². The van der Waals surface area contributed by atoms with Gasteiger partial charge in [-0.15, -0.1) is 0 Å². The smallest absolute Gasteiger partial charge is 0.259 e. The van der Waals surface area contributed by atoms with Crippen LogP contribution >= 0.6 is 0 Å². The molecule has 1 heterocycles. The molecule has 0 aliphatic carbocycles. The van der Waals surface area contributed by atoms with Crippen molar-refractivity contribution in [3.8, 4) is 5.75 Å². The number of hydrogen-bond donors (Lipinski definition) is 0.